The van der Waals surface area contributed by atoms with Crippen LogP contribution in [0.3, 0.4) is 0 Å². The molecule has 0 spiro atoms. The number of fused-ring (bicyclic) bond motifs is 1. The summed E-state index contributed by atoms with van der Waals surface area (Å²) in [4.78, 5) is 42.0. The molecule has 3 amide bonds. The average molecular weight is 368 g/mol. The van der Waals surface area contributed by atoms with Gasteiger partial charge in [-0.3, -0.25) is 19.3 Å². The van der Waals surface area contributed by atoms with E-state index in [1.165, 1.54) is 16.7 Å². The molecular weight excluding hydrogens is 338 g/mol. The van der Waals surface area contributed by atoms with Gasteiger partial charge in [0.2, 0.25) is 17.7 Å². The molecule has 3 aliphatic rings. The van der Waals surface area contributed by atoms with Crippen molar-refractivity contribution in [1.29, 1.82) is 0 Å². The second-order valence-electron chi connectivity index (χ2n) is 8.04. The quantitative estimate of drug-likeness (QED) is 0.736. The van der Waals surface area contributed by atoms with E-state index in [0.717, 1.165) is 32.1 Å². The molecule has 0 aromatic carbocycles. The predicted octanol–water partition coefficient (Wildman–Crippen LogP) is 1.09. The van der Waals surface area contributed by atoms with Gasteiger partial charge in [0.15, 0.2) is 0 Å². The van der Waals surface area contributed by atoms with E-state index in [1.807, 2.05) is 6.26 Å². The normalized spacial score (nSPS) is 33.7. The van der Waals surface area contributed by atoms with Gasteiger partial charge in [-0.05, 0) is 37.5 Å². The summed E-state index contributed by atoms with van der Waals surface area (Å²) in [6.45, 7) is 3.89. The van der Waals surface area contributed by atoms with Gasteiger partial charge in [-0.1, -0.05) is 19.8 Å². The monoisotopic (exact) mass is 367 g/mol. The summed E-state index contributed by atoms with van der Waals surface area (Å²) in [7, 11) is 0. The minimum Gasteiger partial charge on any atom is -0.340 e. The highest BCUT2D eigenvalue weighted by atomic mass is 32.2. The van der Waals surface area contributed by atoms with Crippen molar-refractivity contribution in [2.75, 3.05) is 31.6 Å². The van der Waals surface area contributed by atoms with Crippen molar-refractivity contribution < 1.29 is 14.4 Å². The van der Waals surface area contributed by atoms with E-state index in [2.05, 4.69) is 6.92 Å². The molecule has 1 aliphatic carbocycles. The molecule has 0 radical (unpaired) electrons. The Morgan fingerprint density at radius 1 is 1.28 bits per heavy atom. The van der Waals surface area contributed by atoms with Crippen LogP contribution in [-0.2, 0) is 14.4 Å². The van der Waals surface area contributed by atoms with Crippen molar-refractivity contribution in [1.82, 2.24) is 9.80 Å². The van der Waals surface area contributed by atoms with Crippen molar-refractivity contribution in [3.05, 3.63) is 0 Å². The molecule has 140 valence electrons. The Morgan fingerprint density at radius 3 is 2.36 bits per heavy atom. The van der Waals surface area contributed by atoms with Gasteiger partial charge in [0.1, 0.15) is 6.04 Å². The number of imide groups is 1. The van der Waals surface area contributed by atoms with Crippen LogP contribution in [-0.4, -0.2) is 65.2 Å². The lowest BCUT2D eigenvalue weighted by Gasteiger charge is -2.30. The van der Waals surface area contributed by atoms with E-state index in [4.69, 9.17) is 5.73 Å². The van der Waals surface area contributed by atoms with Crippen LogP contribution in [0.5, 0.6) is 0 Å². The van der Waals surface area contributed by atoms with E-state index < -0.39 is 6.04 Å². The topological polar surface area (TPSA) is 83.7 Å². The number of hydrogen-bond donors (Lipinski definition) is 1. The number of carbonyl (C=O) groups excluding carboxylic acids is 3. The number of carbonyl (C=O) groups is 3. The second-order valence-corrected chi connectivity index (χ2v) is 8.95. The first-order valence-electron chi connectivity index (χ1n) is 9.26. The SMILES string of the molecule is CSCC(C(=O)N1CCC(C)(CN)C1)N1C(=O)C2CCCCC2C1=O. The number of rotatable bonds is 5. The van der Waals surface area contributed by atoms with E-state index in [-0.39, 0.29) is 35.0 Å². The number of hydrogen-bond acceptors (Lipinski definition) is 5. The Balaban J connectivity index is 1.80. The maximum atomic E-state index is 13.1. The highest BCUT2D eigenvalue weighted by molar-refractivity contribution is 7.98. The molecule has 4 unspecified atom stereocenters. The summed E-state index contributed by atoms with van der Waals surface area (Å²) in [5.74, 6) is -0.277. The van der Waals surface area contributed by atoms with Crippen LogP contribution in [0, 0.1) is 17.3 Å². The summed E-state index contributed by atoms with van der Waals surface area (Å²) < 4.78 is 0. The molecule has 2 aliphatic heterocycles. The summed E-state index contributed by atoms with van der Waals surface area (Å²) in [5.41, 5.74) is 5.79. The Bertz CT molecular complexity index is 546. The van der Waals surface area contributed by atoms with Crippen molar-refractivity contribution in [2.24, 2.45) is 23.0 Å². The molecule has 1 saturated carbocycles. The first kappa shape index (κ1) is 18.7. The highest BCUT2D eigenvalue weighted by Gasteiger charge is 2.52. The zero-order valence-electron chi connectivity index (χ0n) is 15.2. The summed E-state index contributed by atoms with van der Waals surface area (Å²) in [6, 6.07) is -0.666. The van der Waals surface area contributed by atoms with Gasteiger partial charge in [0.25, 0.3) is 0 Å². The zero-order chi connectivity index (χ0) is 18.2. The van der Waals surface area contributed by atoms with Gasteiger partial charge < -0.3 is 10.6 Å². The summed E-state index contributed by atoms with van der Waals surface area (Å²) in [6.07, 6.45) is 6.33. The van der Waals surface area contributed by atoms with Gasteiger partial charge >= 0.3 is 0 Å². The summed E-state index contributed by atoms with van der Waals surface area (Å²) >= 11 is 1.51. The molecule has 25 heavy (non-hydrogen) atoms. The lowest BCUT2D eigenvalue weighted by molar-refractivity contribution is -0.150. The average Bonchev–Trinajstić information content (AvgIpc) is 3.13. The van der Waals surface area contributed by atoms with Crippen LogP contribution in [0.1, 0.15) is 39.0 Å². The van der Waals surface area contributed by atoms with Crippen LogP contribution in [0.25, 0.3) is 0 Å². The number of amides is 3. The van der Waals surface area contributed by atoms with Gasteiger partial charge in [-0.25, -0.2) is 0 Å². The molecule has 0 aromatic heterocycles. The number of nitrogens with two attached hydrogens (primary N) is 1. The molecule has 6 nitrogen and oxygen atoms in total. The fourth-order valence-corrected chi connectivity index (χ4v) is 5.11. The van der Waals surface area contributed by atoms with Gasteiger partial charge in [-0.2, -0.15) is 11.8 Å². The third kappa shape index (κ3) is 3.33. The Kier molecular flexibility index (Phi) is 5.44. The molecule has 3 rings (SSSR count). The number of likely N-dealkylation sites (tertiary alicyclic amines) is 2. The maximum Gasteiger partial charge on any atom is 0.246 e. The Hall–Kier alpha value is -1.08. The third-order valence-corrected chi connectivity index (χ3v) is 6.81. The first-order valence-corrected chi connectivity index (χ1v) is 10.7. The van der Waals surface area contributed by atoms with Crippen LogP contribution < -0.4 is 5.73 Å². The molecule has 0 aromatic rings. The first-order chi connectivity index (χ1) is 11.9. The third-order valence-electron chi connectivity index (χ3n) is 6.16. The van der Waals surface area contributed by atoms with Crippen molar-refractivity contribution in [3.63, 3.8) is 0 Å². The molecule has 7 heteroatoms. The smallest absolute Gasteiger partial charge is 0.246 e. The van der Waals surface area contributed by atoms with Crippen molar-refractivity contribution >= 4 is 29.5 Å². The van der Waals surface area contributed by atoms with Gasteiger partial charge in [0, 0.05) is 18.8 Å². The number of nitrogens with zero attached hydrogens (tertiary/aromatic N) is 2. The summed E-state index contributed by atoms with van der Waals surface area (Å²) in [5, 5.41) is 0. The predicted molar refractivity (Wildman–Crippen MR) is 97.8 cm³/mol. The molecule has 2 heterocycles. The zero-order valence-corrected chi connectivity index (χ0v) is 16.0. The van der Waals surface area contributed by atoms with Crippen LogP contribution in [0.4, 0.5) is 0 Å². The van der Waals surface area contributed by atoms with Crippen molar-refractivity contribution in [3.8, 4) is 0 Å². The van der Waals surface area contributed by atoms with E-state index >= 15 is 0 Å². The minimum atomic E-state index is -0.666. The maximum absolute atomic E-state index is 13.1. The molecule has 0 bridgehead atoms. The van der Waals surface area contributed by atoms with E-state index in [9.17, 15) is 14.4 Å². The fraction of sp³-hybridized carbons (Fsp3) is 0.833. The van der Waals surface area contributed by atoms with Crippen LogP contribution >= 0.6 is 11.8 Å². The standard InChI is InChI=1S/C18H29N3O3S/c1-18(10-19)7-8-20(11-18)17(24)14(9-25-2)21-15(22)12-5-3-4-6-13(12)16(21)23/h12-14H,3-11,19H2,1-2H3. The molecule has 2 saturated heterocycles. The largest absolute Gasteiger partial charge is 0.340 e. The van der Waals surface area contributed by atoms with Gasteiger partial charge in [-0.15, -0.1) is 0 Å². The highest BCUT2D eigenvalue weighted by Crippen LogP contribution is 2.40. The van der Waals surface area contributed by atoms with Crippen LogP contribution in [0.2, 0.25) is 0 Å². The second kappa shape index (κ2) is 7.27. The van der Waals surface area contributed by atoms with Crippen molar-refractivity contribution in [2.45, 2.75) is 45.1 Å². The van der Waals surface area contributed by atoms with E-state index in [0.29, 0.717) is 25.4 Å². The van der Waals surface area contributed by atoms with Gasteiger partial charge in [0.05, 0.1) is 11.8 Å². The Morgan fingerprint density at radius 2 is 1.88 bits per heavy atom. The molecular formula is C18H29N3O3S. The molecule has 4 atom stereocenters. The van der Waals surface area contributed by atoms with E-state index in [1.54, 1.807) is 4.90 Å². The fourth-order valence-electron chi connectivity index (χ4n) is 4.50. The molecule has 2 N–H and O–H groups in total. The number of thioether (sulfide) groups is 1. The van der Waals surface area contributed by atoms with Crippen LogP contribution in [0.15, 0.2) is 0 Å². The lowest BCUT2D eigenvalue weighted by atomic mass is 9.81. The minimum absolute atomic E-state index is 0.0629. The molecule has 3 fully saturated rings. The lowest BCUT2D eigenvalue weighted by Crippen LogP contribution is -2.52. The Labute approximate surface area is 153 Å².